The first-order valence-electron chi connectivity index (χ1n) is 7.42. The molecule has 0 bridgehead atoms. The fraction of sp³-hybridized carbons (Fsp3) is 0.733. The molecule has 6 heteroatoms. The van der Waals surface area contributed by atoms with Crippen molar-refractivity contribution in [1.82, 2.24) is 9.78 Å². The molecule has 120 valence electrons. The number of hydrogen-bond acceptors (Lipinski definition) is 4. The molecule has 2 N–H and O–H groups in total. The Morgan fingerprint density at radius 3 is 2.71 bits per heavy atom. The highest BCUT2D eigenvalue weighted by Crippen LogP contribution is 2.21. The second-order valence-electron chi connectivity index (χ2n) is 6.55. The van der Waals surface area contributed by atoms with Crippen LogP contribution in [0.1, 0.15) is 47.0 Å². The monoisotopic (exact) mass is 315 g/mol. The number of nitrogens with one attached hydrogen (secondary N) is 1. The molecule has 1 rings (SSSR count). The first-order valence-corrected chi connectivity index (χ1v) is 7.80. The van der Waals surface area contributed by atoms with Gasteiger partial charge in [-0.3, -0.25) is 4.79 Å². The van der Waals surface area contributed by atoms with E-state index in [9.17, 15) is 9.90 Å². The Morgan fingerprint density at radius 1 is 1.48 bits per heavy atom. The number of unbranched alkanes of at least 4 members (excludes halogenated alkanes) is 1. The van der Waals surface area contributed by atoms with E-state index in [2.05, 4.69) is 38.1 Å². The summed E-state index contributed by atoms with van der Waals surface area (Å²) in [4.78, 5) is 12.0. The second-order valence-corrected chi connectivity index (χ2v) is 6.93. The topological polar surface area (TPSA) is 67.2 Å². The molecule has 1 aromatic heterocycles. The lowest BCUT2D eigenvalue weighted by atomic mass is 9.89. The van der Waals surface area contributed by atoms with Crippen molar-refractivity contribution in [1.29, 1.82) is 0 Å². The summed E-state index contributed by atoms with van der Waals surface area (Å²) in [6.45, 7) is 9.18. The summed E-state index contributed by atoms with van der Waals surface area (Å²) in [5, 5.41) is 17.2. The molecule has 0 aliphatic heterocycles. The number of aromatic nitrogens is 2. The molecule has 5 nitrogen and oxygen atoms in total. The summed E-state index contributed by atoms with van der Waals surface area (Å²) in [7, 11) is 0. The van der Waals surface area contributed by atoms with E-state index in [1.54, 1.807) is 6.20 Å². The number of hydrogen-bond donors (Lipinski definition) is 2. The van der Waals surface area contributed by atoms with Crippen LogP contribution in [0.4, 0.5) is 5.69 Å². The second kappa shape index (κ2) is 7.80. The average Bonchev–Trinajstić information content (AvgIpc) is 2.37. The third-order valence-electron chi connectivity index (χ3n) is 3.08. The minimum absolute atomic E-state index is 0.0483. The largest absolute Gasteiger partial charge is 0.391 e. The lowest BCUT2D eigenvalue weighted by Gasteiger charge is -2.22. The van der Waals surface area contributed by atoms with Crippen molar-refractivity contribution < 1.29 is 5.11 Å². The van der Waals surface area contributed by atoms with Crippen molar-refractivity contribution >= 4 is 17.3 Å². The van der Waals surface area contributed by atoms with Crippen LogP contribution in [0.5, 0.6) is 0 Å². The fourth-order valence-corrected chi connectivity index (χ4v) is 2.28. The molecule has 0 radical (unpaired) electrons. The first-order chi connectivity index (χ1) is 9.74. The standard InChI is InChI=1S/C15H26ClN3O2/c1-5-6-7-19-14(21)13(16)12(10-18-19)17-9-11(20)8-15(2,3)4/h10-11,17,20H,5-9H2,1-4H3. The molecular formula is C15H26ClN3O2. The van der Waals surface area contributed by atoms with Gasteiger partial charge in [0.15, 0.2) is 0 Å². The molecular weight excluding hydrogens is 290 g/mol. The van der Waals surface area contributed by atoms with Gasteiger partial charge in [-0.05, 0) is 18.3 Å². The van der Waals surface area contributed by atoms with Gasteiger partial charge in [0.2, 0.25) is 0 Å². The van der Waals surface area contributed by atoms with Crippen LogP contribution in [-0.2, 0) is 6.54 Å². The van der Waals surface area contributed by atoms with Crippen LogP contribution in [0.2, 0.25) is 5.02 Å². The van der Waals surface area contributed by atoms with Crippen molar-refractivity contribution in [2.75, 3.05) is 11.9 Å². The summed E-state index contributed by atoms with van der Waals surface area (Å²) in [5.41, 5.74) is 0.231. The number of aliphatic hydroxyl groups excluding tert-OH is 1. The van der Waals surface area contributed by atoms with Crippen molar-refractivity contribution in [3.63, 3.8) is 0 Å². The van der Waals surface area contributed by atoms with Crippen LogP contribution in [0.15, 0.2) is 11.0 Å². The zero-order valence-electron chi connectivity index (χ0n) is 13.3. The van der Waals surface area contributed by atoms with Crippen LogP contribution in [-0.4, -0.2) is 27.5 Å². The predicted molar refractivity (Wildman–Crippen MR) is 87.0 cm³/mol. The first kappa shape index (κ1) is 18.0. The maximum Gasteiger partial charge on any atom is 0.287 e. The Labute approximate surface area is 131 Å². The Morgan fingerprint density at radius 2 is 2.14 bits per heavy atom. The Balaban J connectivity index is 2.68. The van der Waals surface area contributed by atoms with Gasteiger partial charge >= 0.3 is 0 Å². The normalized spacial score (nSPS) is 13.2. The molecule has 0 amide bonds. The Kier molecular flexibility index (Phi) is 6.68. The number of anilines is 1. The number of rotatable bonds is 7. The maximum atomic E-state index is 12.0. The van der Waals surface area contributed by atoms with Gasteiger partial charge in [-0.1, -0.05) is 45.7 Å². The lowest BCUT2D eigenvalue weighted by Crippen LogP contribution is -2.28. The van der Waals surface area contributed by atoms with Gasteiger partial charge < -0.3 is 10.4 Å². The van der Waals surface area contributed by atoms with E-state index >= 15 is 0 Å². The number of halogens is 1. The number of aliphatic hydroxyl groups is 1. The van der Waals surface area contributed by atoms with Crippen LogP contribution in [0, 0.1) is 5.41 Å². The van der Waals surface area contributed by atoms with Crippen LogP contribution >= 0.6 is 11.6 Å². The highest BCUT2D eigenvalue weighted by molar-refractivity contribution is 6.32. The van der Waals surface area contributed by atoms with Crippen molar-refractivity contribution in [3.05, 3.63) is 21.6 Å². The fourth-order valence-electron chi connectivity index (χ4n) is 2.06. The predicted octanol–water partition coefficient (Wildman–Crippen LogP) is 2.91. The van der Waals surface area contributed by atoms with E-state index in [1.165, 1.54) is 4.68 Å². The van der Waals surface area contributed by atoms with Crippen LogP contribution in [0.25, 0.3) is 0 Å². The summed E-state index contributed by atoms with van der Waals surface area (Å²) in [6.07, 6.45) is 3.59. The third kappa shape index (κ3) is 6.06. The van der Waals surface area contributed by atoms with E-state index in [-0.39, 0.29) is 16.0 Å². The van der Waals surface area contributed by atoms with E-state index in [4.69, 9.17) is 11.6 Å². The molecule has 0 fully saturated rings. The number of aryl methyl sites for hydroxylation is 1. The van der Waals surface area contributed by atoms with Gasteiger partial charge in [-0.15, -0.1) is 0 Å². The van der Waals surface area contributed by atoms with Crippen molar-refractivity contribution in [2.45, 2.75) is 59.6 Å². The van der Waals surface area contributed by atoms with E-state index < -0.39 is 6.10 Å². The molecule has 1 heterocycles. The molecule has 0 saturated carbocycles. The Hall–Kier alpha value is -1.07. The quantitative estimate of drug-likeness (QED) is 0.812. The van der Waals surface area contributed by atoms with Gasteiger partial charge in [-0.25, -0.2) is 4.68 Å². The summed E-state index contributed by atoms with van der Waals surface area (Å²) in [5.74, 6) is 0. The van der Waals surface area contributed by atoms with E-state index in [1.807, 2.05) is 0 Å². The molecule has 1 unspecified atom stereocenters. The average molecular weight is 316 g/mol. The van der Waals surface area contributed by atoms with Crippen molar-refractivity contribution in [2.24, 2.45) is 5.41 Å². The van der Waals surface area contributed by atoms with Gasteiger partial charge in [0.25, 0.3) is 5.56 Å². The number of nitrogens with zero attached hydrogens (tertiary/aromatic N) is 2. The SMILES string of the molecule is CCCCn1ncc(NCC(O)CC(C)(C)C)c(Cl)c1=O. The summed E-state index contributed by atoms with van der Waals surface area (Å²) in [6, 6.07) is 0. The zero-order chi connectivity index (χ0) is 16.0. The summed E-state index contributed by atoms with van der Waals surface area (Å²) < 4.78 is 1.38. The summed E-state index contributed by atoms with van der Waals surface area (Å²) >= 11 is 6.08. The molecule has 0 aliphatic rings. The minimum atomic E-state index is -0.497. The molecule has 1 aromatic rings. The zero-order valence-corrected chi connectivity index (χ0v) is 14.1. The highest BCUT2D eigenvalue weighted by Gasteiger charge is 2.17. The molecule has 0 spiro atoms. The van der Waals surface area contributed by atoms with Gasteiger partial charge in [0.1, 0.15) is 5.02 Å². The molecule has 0 saturated heterocycles. The smallest absolute Gasteiger partial charge is 0.287 e. The van der Waals surface area contributed by atoms with Crippen molar-refractivity contribution in [3.8, 4) is 0 Å². The minimum Gasteiger partial charge on any atom is -0.391 e. The van der Waals surface area contributed by atoms with E-state index in [0.717, 1.165) is 12.8 Å². The molecule has 0 aromatic carbocycles. The van der Waals surface area contributed by atoms with Gasteiger partial charge in [-0.2, -0.15) is 5.10 Å². The van der Waals surface area contributed by atoms with Crippen LogP contribution < -0.4 is 10.9 Å². The molecule has 21 heavy (non-hydrogen) atoms. The maximum absolute atomic E-state index is 12.0. The highest BCUT2D eigenvalue weighted by atomic mass is 35.5. The molecule has 0 aliphatic carbocycles. The van der Waals surface area contributed by atoms with Gasteiger partial charge in [0, 0.05) is 13.1 Å². The van der Waals surface area contributed by atoms with E-state index in [0.29, 0.717) is 25.2 Å². The van der Waals surface area contributed by atoms with Crippen LogP contribution in [0.3, 0.4) is 0 Å². The lowest BCUT2D eigenvalue weighted by molar-refractivity contribution is 0.132. The third-order valence-corrected chi connectivity index (χ3v) is 3.45. The Bertz CT molecular complexity index is 509. The van der Waals surface area contributed by atoms with Gasteiger partial charge in [0.05, 0.1) is 18.0 Å². The molecule has 1 atom stereocenters.